The third-order valence-electron chi connectivity index (χ3n) is 4.11. The van der Waals surface area contributed by atoms with Crippen LogP contribution in [0, 0.1) is 11.3 Å². The second kappa shape index (κ2) is 2.97. The molecule has 0 bridgehead atoms. The maximum absolute atomic E-state index is 11.9. The fourth-order valence-corrected chi connectivity index (χ4v) is 2.99. The molecule has 0 heterocycles. The molecule has 1 heteroatoms. The summed E-state index contributed by atoms with van der Waals surface area (Å²) in [5.74, 6) is 0.914. The van der Waals surface area contributed by atoms with Crippen molar-refractivity contribution in [1.82, 2.24) is 0 Å². The molecule has 0 aromatic rings. The standard InChI is InChI=1S/C12H18O/c1-9-8-11(13)12(10(9)2)6-4-3-5-7-12/h8,10H,3-7H2,1-2H3. The van der Waals surface area contributed by atoms with Crippen LogP contribution in [0.5, 0.6) is 0 Å². The van der Waals surface area contributed by atoms with Crippen LogP contribution < -0.4 is 0 Å². The van der Waals surface area contributed by atoms with Gasteiger partial charge in [0, 0.05) is 5.41 Å². The van der Waals surface area contributed by atoms with Gasteiger partial charge in [0.25, 0.3) is 0 Å². The molecular weight excluding hydrogens is 160 g/mol. The molecule has 0 aromatic carbocycles. The number of carbonyl (C=O) groups is 1. The van der Waals surface area contributed by atoms with Crippen LogP contribution in [0.3, 0.4) is 0 Å². The molecule has 1 fully saturated rings. The van der Waals surface area contributed by atoms with E-state index in [1.165, 1.54) is 24.8 Å². The van der Waals surface area contributed by atoms with Crippen LogP contribution in [0.25, 0.3) is 0 Å². The number of ketones is 1. The molecule has 0 saturated heterocycles. The van der Waals surface area contributed by atoms with Crippen LogP contribution in [0.2, 0.25) is 0 Å². The van der Waals surface area contributed by atoms with E-state index in [1.807, 2.05) is 6.08 Å². The summed E-state index contributed by atoms with van der Waals surface area (Å²) < 4.78 is 0. The van der Waals surface area contributed by atoms with Crippen molar-refractivity contribution in [2.24, 2.45) is 11.3 Å². The van der Waals surface area contributed by atoms with Gasteiger partial charge in [0.15, 0.2) is 5.78 Å². The van der Waals surface area contributed by atoms with E-state index in [-0.39, 0.29) is 5.41 Å². The van der Waals surface area contributed by atoms with Crippen LogP contribution >= 0.6 is 0 Å². The van der Waals surface area contributed by atoms with Crippen LogP contribution in [-0.4, -0.2) is 5.78 Å². The van der Waals surface area contributed by atoms with Gasteiger partial charge in [-0.05, 0) is 31.8 Å². The largest absolute Gasteiger partial charge is 0.294 e. The molecule has 1 spiro atoms. The summed E-state index contributed by atoms with van der Waals surface area (Å²) in [6, 6.07) is 0. The second-order valence-corrected chi connectivity index (χ2v) is 4.69. The van der Waals surface area contributed by atoms with Gasteiger partial charge < -0.3 is 0 Å². The first-order valence-electron chi connectivity index (χ1n) is 5.39. The van der Waals surface area contributed by atoms with Gasteiger partial charge in [0.2, 0.25) is 0 Å². The quantitative estimate of drug-likeness (QED) is 0.557. The fourth-order valence-electron chi connectivity index (χ4n) is 2.99. The molecule has 0 N–H and O–H groups in total. The van der Waals surface area contributed by atoms with Gasteiger partial charge in [0.1, 0.15) is 0 Å². The lowest BCUT2D eigenvalue weighted by Gasteiger charge is -2.36. The van der Waals surface area contributed by atoms with Gasteiger partial charge in [-0.15, -0.1) is 0 Å². The van der Waals surface area contributed by atoms with E-state index in [0.717, 1.165) is 12.8 Å². The first kappa shape index (κ1) is 8.98. The van der Waals surface area contributed by atoms with Crippen LogP contribution in [-0.2, 0) is 4.79 Å². The number of allylic oxidation sites excluding steroid dienone is 2. The average molecular weight is 178 g/mol. The molecule has 2 rings (SSSR count). The predicted octanol–water partition coefficient (Wildman–Crippen LogP) is 3.10. The minimum absolute atomic E-state index is 0.0301. The number of hydrogen-bond donors (Lipinski definition) is 0. The minimum atomic E-state index is 0.0301. The zero-order chi connectivity index (χ0) is 9.47. The van der Waals surface area contributed by atoms with Crippen molar-refractivity contribution in [3.8, 4) is 0 Å². The third kappa shape index (κ3) is 1.17. The lowest BCUT2D eigenvalue weighted by Crippen LogP contribution is -2.34. The maximum Gasteiger partial charge on any atom is 0.162 e. The van der Waals surface area contributed by atoms with E-state index in [4.69, 9.17) is 0 Å². The third-order valence-corrected chi connectivity index (χ3v) is 4.11. The van der Waals surface area contributed by atoms with E-state index < -0.39 is 0 Å². The Morgan fingerprint density at radius 1 is 1.31 bits per heavy atom. The van der Waals surface area contributed by atoms with E-state index in [0.29, 0.717) is 11.7 Å². The molecule has 2 aliphatic rings. The Morgan fingerprint density at radius 2 is 1.92 bits per heavy atom. The predicted molar refractivity (Wildman–Crippen MR) is 53.4 cm³/mol. The summed E-state index contributed by atoms with van der Waals surface area (Å²) in [6.07, 6.45) is 7.95. The minimum Gasteiger partial charge on any atom is -0.294 e. The highest BCUT2D eigenvalue weighted by atomic mass is 16.1. The van der Waals surface area contributed by atoms with Crippen molar-refractivity contribution in [1.29, 1.82) is 0 Å². The molecule has 0 aliphatic heterocycles. The Kier molecular flexibility index (Phi) is 2.05. The maximum atomic E-state index is 11.9. The van der Waals surface area contributed by atoms with Crippen LogP contribution in [0.1, 0.15) is 46.0 Å². The van der Waals surface area contributed by atoms with Crippen molar-refractivity contribution in [2.45, 2.75) is 46.0 Å². The average Bonchev–Trinajstić information content (AvgIpc) is 2.34. The summed E-state index contributed by atoms with van der Waals surface area (Å²) >= 11 is 0. The van der Waals surface area contributed by atoms with Crippen molar-refractivity contribution in [2.75, 3.05) is 0 Å². The summed E-state index contributed by atoms with van der Waals surface area (Å²) in [6.45, 7) is 4.33. The molecule has 0 aromatic heterocycles. The molecule has 1 atom stereocenters. The Balaban J connectivity index is 2.27. The van der Waals surface area contributed by atoms with Gasteiger partial charge >= 0.3 is 0 Å². The number of rotatable bonds is 0. The second-order valence-electron chi connectivity index (χ2n) is 4.69. The van der Waals surface area contributed by atoms with Crippen LogP contribution in [0.15, 0.2) is 11.6 Å². The normalized spacial score (nSPS) is 32.3. The Morgan fingerprint density at radius 3 is 2.38 bits per heavy atom. The van der Waals surface area contributed by atoms with Crippen molar-refractivity contribution < 1.29 is 4.79 Å². The summed E-state index contributed by atoms with van der Waals surface area (Å²) in [4.78, 5) is 11.9. The van der Waals surface area contributed by atoms with Crippen molar-refractivity contribution in [3.05, 3.63) is 11.6 Å². The number of carbonyl (C=O) groups excluding carboxylic acids is 1. The molecule has 1 nitrogen and oxygen atoms in total. The molecule has 1 saturated carbocycles. The van der Waals surface area contributed by atoms with Crippen molar-refractivity contribution >= 4 is 5.78 Å². The van der Waals surface area contributed by atoms with Crippen LogP contribution in [0.4, 0.5) is 0 Å². The highest BCUT2D eigenvalue weighted by Gasteiger charge is 2.46. The summed E-state index contributed by atoms with van der Waals surface area (Å²) in [7, 11) is 0. The van der Waals surface area contributed by atoms with Gasteiger partial charge in [-0.2, -0.15) is 0 Å². The molecule has 0 amide bonds. The van der Waals surface area contributed by atoms with Gasteiger partial charge in [-0.3, -0.25) is 4.79 Å². The lowest BCUT2D eigenvalue weighted by molar-refractivity contribution is -0.126. The SMILES string of the molecule is CC1=CC(=O)C2(CCCCC2)C1C. The van der Waals surface area contributed by atoms with Gasteiger partial charge in [-0.25, -0.2) is 0 Å². The fraction of sp³-hybridized carbons (Fsp3) is 0.750. The van der Waals surface area contributed by atoms with E-state index in [1.54, 1.807) is 0 Å². The Hall–Kier alpha value is -0.590. The van der Waals surface area contributed by atoms with Crippen molar-refractivity contribution in [3.63, 3.8) is 0 Å². The first-order valence-corrected chi connectivity index (χ1v) is 5.39. The highest BCUT2D eigenvalue weighted by molar-refractivity contribution is 5.98. The molecule has 13 heavy (non-hydrogen) atoms. The van der Waals surface area contributed by atoms with Gasteiger partial charge in [0.05, 0.1) is 0 Å². The van der Waals surface area contributed by atoms with E-state index in [2.05, 4.69) is 13.8 Å². The first-order chi connectivity index (χ1) is 6.17. The van der Waals surface area contributed by atoms with E-state index >= 15 is 0 Å². The summed E-state index contributed by atoms with van der Waals surface area (Å²) in [5.41, 5.74) is 1.33. The highest BCUT2D eigenvalue weighted by Crippen LogP contribution is 2.49. The molecule has 72 valence electrons. The monoisotopic (exact) mass is 178 g/mol. The molecule has 2 aliphatic carbocycles. The lowest BCUT2D eigenvalue weighted by atomic mass is 9.66. The summed E-state index contributed by atoms with van der Waals surface area (Å²) in [5, 5.41) is 0. The Labute approximate surface area is 80.2 Å². The molecular formula is C12H18O. The smallest absolute Gasteiger partial charge is 0.162 e. The topological polar surface area (TPSA) is 17.1 Å². The van der Waals surface area contributed by atoms with Gasteiger partial charge in [-0.1, -0.05) is 31.8 Å². The number of hydrogen-bond acceptors (Lipinski definition) is 1. The molecule has 1 unspecified atom stereocenters. The Bertz CT molecular complexity index is 256. The zero-order valence-electron chi connectivity index (χ0n) is 8.60. The van der Waals surface area contributed by atoms with E-state index in [9.17, 15) is 4.79 Å². The zero-order valence-corrected chi connectivity index (χ0v) is 8.60. The molecule has 0 radical (unpaired) electrons.